The number of piperidine rings is 1. The number of alkyl halides is 3. The molecule has 0 amide bonds. The van der Waals surface area contributed by atoms with Gasteiger partial charge in [0, 0.05) is 38.4 Å². The highest BCUT2D eigenvalue weighted by Crippen LogP contribution is 2.33. The zero-order chi connectivity index (χ0) is 17.5. The maximum atomic E-state index is 12.9. The second-order valence-corrected chi connectivity index (χ2v) is 6.30. The van der Waals surface area contributed by atoms with Crippen molar-refractivity contribution < 1.29 is 13.2 Å². The van der Waals surface area contributed by atoms with Gasteiger partial charge in [0.05, 0.1) is 11.4 Å². The van der Waals surface area contributed by atoms with E-state index < -0.39 is 11.9 Å². The van der Waals surface area contributed by atoms with Crippen molar-refractivity contribution in [3.05, 3.63) is 35.3 Å². The number of aromatic nitrogens is 4. The second kappa shape index (κ2) is 6.07. The Hall–Kier alpha value is -2.12. The Kier molecular flexibility index (Phi) is 4.23. The predicted octanol–water partition coefficient (Wildman–Crippen LogP) is 3.23. The molecular formula is C16H20F3N5. The molecule has 8 heteroatoms. The van der Waals surface area contributed by atoms with Crippen molar-refractivity contribution in [2.45, 2.75) is 38.8 Å². The zero-order valence-electron chi connectivity index (χ0n) is 13.9. The van der Waals surface area contributed by atoms with Crippen LogP contribution in [0.15, 0.2) is 12.4 Å². The van der Waals surface area contributed by atoms with Crippen molar-refractivity contribution in [2.24, 2.45) is 7.05 Å². The Labute approximate surface area is 138 Å². The summed E-state index contributed by atoms with van der Waals surface area (Å²) in [5.41, 5.74) is 0.829. The molecule has 130 valence electrons. The van der Waals surface area contributed by atoms with Gasteiger partial charge in [0.15, 0.2) is 5.69 Å². The van der Waals surface area contributed by atoms with E-state index in [1.807, 2.05) is 13.8 Å². The minimum atomic E-state index is -4.41. The quantitative estimate of drug-likeness (QED) is 0.843. The molecule has 1 fully saturated rings. The van der Waals surface area contributed by atoms with E-state index in [9.17, 15) is 13.2 Å². The van der Waals surface area contributed by atoms with Crippen LogP contribution in [0, 0.1) is 13.8 Å². The van der Waals surface area contributed by atoms with Gasteiger partial charge in [-0.1, -0.05) is 0 Å². The first-order valence-corrected chi connectivity index (χ1v) is 7.91. The summed E-state index contributed by atoms with van der Waals surface area (Å²) in [6.45, 7) is 5.20. The molecule has 3 heterocycles. The lowest BCUT2D eigenvalue weighted by Gasteiger charge is -2.33. The van der Waals surface area contributed by atoms with Crippen LogP contribution in [0.25, 0.3) is 0 Å². The molecule has 24 heavy (non-hydrogen) atoms. The van der Waals surface area contributed by atoms with E-state index in [0.29, 0.717) is 12.4 Å². The van der Waals surface area contributed by atoms with E-state index >= 15 is 0 Å². The molecular weight excluding hydrogens is 319 g/mol. The van der Waals surface area contributed by atoms with Crippen molar-refractivity contribution in [1.82, 2.24) is 19.5 Å². The fourth-order valence-electron chi connectivity index (χ4n) is 3.20. The first kappa shape index (κ1) is 16.7. The second-order valence-electron chi connectivity index (χ2n) is 6.30. The van der Waals surface area contributed by atoms with Crippen LogP contribution < -0.4 is 4.90 Å². The summed E-state index contributed by atoms with van der Waals surface area (Å²) in [7, 11) is 1.62. The van der Waals surface area contributed by atoms with E-state index in [-0.39, 0.29) is 5.92 Å². The van der Waals surface area contributed by atoms with Crippen molar-refractivity contribution in [1.29, 1.82) is 0 Å². The van der Waals surface area contributed by atoms with Gasteiger partial charge in [-0.15, -0.1) is 0 Å². The van der Waals surface area contributed by atoms with Gasteiger partial charge in [-0.25, -0.2) is 9.97 Å². The summed E-state index contributed by atoms with van der Waals surface area (Å²) < 4.78 is 40.1. The third-order valence-corrected chi connectivity index (χ3v) is 4.34. The van der Waals surface area contributed by atoms with E-state index in [2.05, 4.69) is 19.9 Å². The molecule has 5 nitrogen and oxygen atoms in total. The highest BCUT2D eigenvalue weighted by Gasteiger charge is 2.36. The molecule has 0 aliphatic carbocycles. The largest absolute Gasteiger partial charge is 0.434 e. The molecule has 0 spiro atoms. The van der Waals surface area contributed by atoms with Gasteiger partial charge in [0.25, 0.3) is 0 Å². The monoisotopic (exact) mass is 339 g/mol. The molecule has 0 aromatic carbocycles. The number of anilines is 1. The predicted molar refractivity (Wildman–Crippen MR) is 83.9 cm³/mol. The molecule has 1 aliphatic rings. The molecule has 3 rings (SSSR count). The summed E-state index contributed by atoms with van der Waals surface area (Å²) in [6.07, 6.45) is 0.0640. The third kappa shape index (κ3) is 3.22. The number of hydrogen-bond acceptors (Lipinski definition) is 4. The summed E-state index contributed by atoms with van der Waals surface area (Å²) in [6, 6.07) is 0. The molecule has 0 radical (unpaired) electrons. The molecule has 2 aromatic heterocycles. The topological polar surface area (TPSA) is 46.8 Å². The van der Waals surface area contributed by atoms with Crippen LogP contribution in [0.2, 0.25) is 0 Å². The Morgan fingerprint density at radius 1 is 1.21 bits per heavy atom. The maximum Gasteiger partial charge on any atom is 0.434 e. The van der Waals surface area contributed by atoms with Gasteiger partial charge in [-0.2, -0.15) is 13.2 Å². The highest BCUT2D eigenvalue weighted by molar-refractivity contribution is 5.44. The van der Waals surface area contributed by atoms with Crippen molar-refractivity contribution >= 4 is 5.82 Å². The molecule has 0 bridgehead atoms. The van der Waals surface area contributed by atoms with Crippen LogP contribution in [0.1, 0.15) is 41.7 Å². The summed E-state index contributed by atoms with van der Waals surface area (Å²) in [4.78, 5) is 14.8. The normalized spacial score (nSPS) is 18.9. The van der Waals surface area contributed by atoms with Gasteiger partial charge in [-0.3, -0.25) is 4.98 Å². The van der Waals surface area contributed by atoms with E-state index in [0.717, 1.165) is 42.8 Å². The summed E-state index contributed by atoms with van der Waals surface area (Å²) in [5, 5.41) is 0. The molecule has 2 aromatic rings. The van der Waals surface area contributed by atoms with Crippen molar-refractivity contribution in [2.75, 3.05) is 18.0 Å². The Morgan fingerprint density at radius 2 is 1.96 bits per heavy atom. The van der Waals surface area contributed by atoms with Gasteiger partial charge >= 0.3 is 6.18 Å². The van der Waals surface area contributed by atoms with Gasteiger partial charge in [-0.05, 0) is 26.7 Å². The van der Waals surface area contributed by atoms with Crippen LogP contribution >= 0.6 is 0 Å². The Bertz CT molecular complexity index is 738. The molecule has 1 saturated heterocycles. The SMILES string of the molecule is Cc1cnc(C)c(N2CCCC(c3nc(C(F)(F)F)cn3C)C2)n1. The van der Waals surface area contributed by atoms with Gasteiger partial charge in [0.1, 0.15) is 11.6 Å². The minimum Gasteiger partial charge on any atom is -0.354 e. The van der Waals surface area contributed by atoms with E-state index in [4.69, 9.17) is 0 Å². The van der Waals surface area contributed by atoms with Crippen LogP contribution in [0.4, 0.5) is 19.0 Å². The number of aryl methyl sites for hydroxylation is 3. The van der Waals surface area contributed by atoms with Crippen LogP contribution in [0.5, 0.6) is 0 Å². The van der Waals surface area contributed by atoms with Crippen LogP contribution in [-0.2, 0) is 13.2 Å². The van der Waals surface area contributed by atoms with E-state index in [1.165, 1.54) is 4.57 Å². The zero-order valence-corrected chi connectivity index (χ0v) is 13.9. The lowest BCUT2D eigenvalue weighted by atomic mass is 9.97. The fourth-order valence-corrected chi connectivity index (χ4v) is 3.20. The molecule has 0 N–H and O–H groups in total. The Morgan fingerprint density at radius 3 is 2.62 bits per heavy atom. The van der Waals surface area contributed by atoms with Crippen molar-refractivity contribution in [3.8, 4) is 0 Å². The lowest BCUT2D eigenvalue weighted by Crippen LogP contribution is -2.36. The lowest BCUT2D eigenvalue weighted by molar-refractivity contribution is -0.141. The van der Waals surface area contributed by atoms with E-state index in [1.54, 1.807) is 13.2 Å². The van der Waals surface area contributed by atoms with Crippen LogP contribution in [0.3, 0.4) is 0 Å². The maximum absolute atomic E-state index is 12.9. The summed E-state index contributed by atoms with van der Waals surface area (Å²) >= 11 is 0. The molecule has 1 atom stereocenters. The number of nitrogens with zero attached hydrogens (tertiary/aromatic N) is 5. The van der Waals surface area contributed by atoms with Gasteiger partial charge < -0.3 is 9.47 Å². The standard InChI is InChI=1S/C16H20F3N5/c1-10-7-20-11(2)14(21-10)24-6-4-5-12(8-24)15-22-13(9-23(15)3)16(17,18)19/h7,9,12H,4-6,8H2,1-3H3. The van der Waals surface area contributed by atoms with Crippen molar-refractivity contribution in [3.63, 3.8) is 0 Å². The fraction of sp³-hybridized carbons (Fsp3) is 0.562. The summed E-state index contributed by atoms with van der Waals surface area (Å²) in [5.74, 6) is 1.23. The van der Waals surface area contributed by atoms with Crippen LogP contribution in [-0.4, -0.2) is 32.6 Å². The first-order valence-electron chi connectivity index (χ1n) is 7.91. The molecule has 1 unspecified atom stereocenters. The van der Waals surface area contributed by atoms with Gasteiger partial charge in [0.2, 0.25) is 0 Å². The minimum absolute atomic E-state index is 0.0541. The molecule has 0 saturated carbocycles. The number of rotatable bonds is 2. The average molecular weight is 339 g/mol. The third-order valence-electron chi connectivity index (χ3n) is 4.34. The molecule has 1 aliphatic heterocycles. The number of halogens is 3. The number of imidazole rings is 1. The highest BCUT2D eigenvalue weighted by atomic mass is 19.4. The number of hydrogen-bond donors (Lipinski definition) is 0. The Balaban J connectivity index is 1.86. The average Bonchev–Trinajstić information content (AvgIpc) is 2.92. The first-order chi connectivity index (χ1) is 11.3. The smallest absolute Gasteiger partial charge is 0.354 e.